The van der Waals surface area contributed by atoms with Crippen molar-refractivity contribution < 1.29 is 9.59 Å². The van der Waals surface area contributed by atoms with E-state index in [0.29, 0.717) is 25.0 Å². The Labute approximate surface area is 149 Å². The molecule has 1 aromatic carbocycles. The molecule has 1 atom stereocenters. The number of nitrogens with zero attached hydrogens (tertiary/aromatic N) is 1. The van der Waals surface area contributed by atoms with Gasteiger partial charge in [-0.2, -0.15) is 0 Å². The van der Waals surface area contributed by atoms with Crippen molar-refractivity contribution in [3.8, 4) is 0 Å². The molecule has 0 radical (unpaired) electrons. The van der Waals surface area contributed by atoms with E-state index in [4.69, 9.17) is 0 Å². The third-order valence-electron chi connectivity index (χ3n) is 5.61. The van der Waals surface area contributed by atoms with Gasteiger partial charge in [0.25, 0.3) is 0 Å². The van der Waals surface area contributed by atoms with Gasteiger partial charge >= 0.3 is 6.03 Å². The average molecular weight is 341 g/mol. The standard InChI is InChI=1S/C20H27N3O2/c24-19(22-18(15-6-7-15)14-4-2-1-3-5-14)16-10-12-23(13-11-16)20(25)21-17-8-9-17/h1-5,15-18H,6-13H2,(H,21,25)(H,22,24)/t18-/m1/s1. The summed E-state index contributed by atoms with van der Waals surface area (Å²) < 4.78 is 0. The third-order valence-corrected chi connectivity index (χ3v) is 5.61. The van der Waals surface area contributed by atoms with Gasteiger partial charge in [0.15, 0.2) is 0 Å². The molecule has 2 saturated carbocycles. The molecule has 0 spiro atoms. The maximum Gasteiger partial charge on any atom is 0.317 e. The van der Waals surface area contributed by atoms with Crippen molar-refractivity contribution in [2.24, 2.45) is 11.8 Å². The molecule has 3 fully saturated rings. The Morgan fingerprint density at radius 1 is 0.960 bits per heavy atom. The van der Waals surface area contributed by atoms with Crippen LogP contribution in [-0.4, -0.2) is 36.0 Å². The van der Waals surface area contributed by atoms with E-state index in [1.54, 1.807) is 0 Å². The van der Waals surface area contributed by atoms with Crippen LogP contribution < -0.4 is 10.6 Å². The van der Waals surface area contributed by atoms with E-state index < -0.39 is 0 Å². The van der Waals surface area contributed by atoms with Gasteiger partial charge in [-0.05, 0) is 50.0 Å². The van der Waals surface area contributed by atoms with E-state index in [-0.39, 0.29) is 23.9 Å². The molecule has 2 N–H and O–H groups in total. The lowest BCUT2D eigenvalue weighted by Crippen LogP contribution is -2.47. The predicted octanol–water partition coefficient (Wildman–Crippen LogP) is 2.84. The zero-order valence-corrected chi connectivity index (χ0v) is 14.6. The van der Waals surface area contributed by atoms with Gasteiger partial charge in [-0.1, -0.05) is 30.3 Å². The number of urea groups is 1. The molecular weight excluding hydrogens is 314 g/mol. The highest BCUT2D eigenvalue weighted by Crippen LogP contribution is 2.41. The van der Waals surface area contributed by atoms with Gasteiger partial charge in [0.05, 0.1) is 6.04 Å². The van der Waals surface area contributed by atoms with Crippen LogP contribution in [0.3, 0.4) is 0 Å². The Balaban J connectivity index is 1.30. The molecule has 1 aliphatic heterocycles. The van der Waals surface area contributed by atoms with E-state index >= 15 is 0 Å². The SMILES string of the molecule is O=C(N[C@H](c1ccccc1)C1CC1)C1CCN(C(=O)NC2CC2)CC1. The molecule has 1 saturated heterocycles. The van der Waals surface area contributed by atoms with Gasteiger partial charge in [0.2, 0.25) is 5.91 Å². The zero-order chi connectivity index (χ0) is 17.2. The Kier molecular flexibility index (Phi) is 4.64. The van der Waals surface area contributed by atoms with Crippen LogP contribution in [-0.2, 0) is 4.79 Å². The summed E-state index contributed by atoms with van der Waals surface area (Å²) in [7, 11) is 0. The number of carbonyl (C=O) groups excluding carboxylic acids is 2. The minimum absolute atomic E-state index is 0.0231. The highest BCUT2D eigenvalue weighted by Gasteiger charge is 2.36. The van der Waals surface area contributed by atoms with Crippen LogP contribution >= 0.6 is 0 Å². The summed E-state index contributed by atoms with van der Waals surface area (Å²) in [4.78, 5) is 26.7. The summed E-state index contributed by atoms with van der Waals surface area (Å²) >= 11 is 0. The van der Waals surface area contributed by atoms with Crippen LogP contribution in [0.25, 0.3) is 0 Å². The van der Waals surface area contributed by atoms with Crippen molar-refractivity contribution in [2.75, 3.05) is 13.1 Å². The summed E-state index contributed by atoms with van der Waals surface area (Å²) in [5.41, 5.74) is 1.21. The van der Waals surface area contributed by atoms with Crippen LogP contribution in [0.5, 0.6) is 0 Å². The van der Waals surface area contributed by atoms with Crippen LogP contribution in [0, 0.1) is 11.8 Å². The molecule has 0 unspecified atom stereocenters. The second kappa shape index (κ2) is 7.06. The van der Waals surface area contributed by atoms with Crippen LogP contribution in [0.1, 0.15) is 50.1 Å². The van der Waals surface area contributed by atoms with Crippen molar-refractivity contribution in [3.63, 3.8) is 0 Å². The predicted molar refractivity (Wildman–Crippen MR) is 95.9 cm³/mol. The average Bonchev–Trinajstić information content (AvgIpc) is 3.54. The third kappa shape index (κ3) is 4.14. The highest BCUT2D eigenvalue weighted by atomic mass is 16.2. The topological polar surface area (TPSA) is 61.4 Å². The van der Waals surface area contributed by atoms with Gasteiger partial charge in [0, 0.05) is 25.0 Å². The first-order valence-corrected chi connectivity index (χ1v) is 9.61. The maximum atomic E-state index is 12.7. The van der Waals surface area contributed by atoms with Crippen molar-refractivity contribution >= 4 is 11.9 Å². The largest absolute Gasteiger partial charge is 0.349 e. The molecule has 1 heterocycles. The minimum atomic E-state index is 0.0231. The molecule has 0 aromatic heterocycles. The Bertz CT molecular complexity index is 617. The molecule has 134 valence electrons. The second-order valence-electron chi connectivity index (χ2n) is 7.72. The van der Waals surface area contributed by atoms with E-state index in [1.807, 2.05) is 23.1 Å². The molecule has 0 bridgehead atoms. The van der Waals surface area contributed by atoms with Gasteiger partial charge in [-0.3, -0.25) is 4.79 Å². The second-order valence-corrected chi connectivity index (χ2v) is 7.72. The molecule has 3 aliphatic rings. The molecular formula is C20H27N3O2. The van der Waals surface area contributed by atoms with E-state index in [1.165, 1.54) is 18.4 Å². The Hall–Kier alpha value is -2.04. The fraction of sp³-hybridized carbons (Fsp3) is 0.600. The number of hydrogen-bond acceptors (Lipinski definition) is 2. The van der Waals surface area contributed by atoms with Gasteiger partial charge in [-0.25, -0.2) is 4.79 Å². The first kappa shape index (κ1) is 16.4. The van der Waals surface area contributed by atoms with Gasteiger partial charge in [-0.15, -0.1) is 0 Å². The smallest absolute Gasteiger partial charge is 0.317 e. The van der Waals surface area contributed by atoms with Crippen molar-refractivity contribution in [1.29, 1.82) is 0 Å². The van der Waals surface area contributed by atoms with Crippen LogP contribution in [0.15, 0.2) is 30.3 Å². The van der Waals surface area contributed by atoms with E-state index in [9.17, 15) is 9.59 Å². The lowest BCUT2D eigenvalue weighted by molar-refractivity contribution is -0.127. The lowest BCUT2D eigenvalue weighted by atomic mass is 9.94. The van der Waals surface area contributed by atoms with Crippen LogP contribution in [0.4, 0.5) is 4.79 Å². The lowest BCUT2D eigenvalue weighted by Gasteiger charge is -2.32. The molecule has 2 aliphatic carbocycles. The van der Waals surface area contributed by atoms with E-state index in [0.717, 1.165) is 25.7 Å². The minimum Gasteiger partial charge on any atom is -0.349 e. The number of nitrogens with one attached hydrogen (secondary N) is 2. The highest BCUT2D eigenvalue weighted by molar-refractivity contribution is 5.80. The number of hydrogen-bond donors (Lipinski definition) is 2. The maximum absolute atomic E-state index is 12.7. The first-order valence-electron chi connectivity index (χ1n) is 9.61. The Morgan fingerprint density at radius 3 is 2.24 bits per heavy atom. The zero-order valence-electron chi connectivity index (χ0n) is 14.6. The monoisotopic (exact) mass is 341 g/mol. The molecule has 5 heteroatoms. The fourth-order valence-corrected chi connectivity index (χ4v) is 3.67. The fourth-order valence-electron chi connectivity index (χ4n) is 3.67. The number of likely N-dealkylation sites (tertiary alicyclic amines) is 1. The molecule has 3 amide bonds. The molecule has 1 aromatic rings. The first-order chi connectivity index (χ1) is 12.2. The normalized spacial score (nSPS) is 22.3. The summed E-state index contributed by atoms with van der Waals surface area (Å²) in [5, 5.41) is 6.32. The van der Waals surface area contributed by atoms with Gasteiger partial charge in [0.1, 0.15) is 0 Å². The summed E-state index contributed by atoms with van der Waals surface area (Å²) in [6.07, 6.45) is 6.12. The summed E-state index contributed by atoms with van der Waals surface area (Å²) in [5.74, 6) is 0.758. The van der Waals surface area contributed by atoms with Crippen molar-refractivity contribution in [1.82, 2.24) is 15.5 Å². The molecule has 5 nitrogen and oxygen atoms in total. The Morgan fingerprint density at radius 2 is 1.64 bits per heavy atom. The molecule has 4 rings (SSSR count). The van der Waals surface area contributed by atoms with Crippen molar-refractivity contribution in [3.05, 3.63) is 35.9 Å². The summed E-state index contributed by atoms with van der Waals surface area (Å²) in [6, 6.07) is 10.9. The van der Waals surface area contributed by atoms with E-state index in [2.05, 4.69) is 22.8 Å². The number of piperidine rings is 1. The molecule has 25 heavy (non-hydrogen) atoms. The summed E-state index contributed by atoms with van der Waals surface area (Å²) in [6.45, 7) is 1.35. The number of carbonyl (C=O) groups is 2. The van der Waals surface area contributed by atoms with Gasteiger partial charge < -0.3 is 15.5 Å². The number of benzene rings is 1. The number of amides is 3. The van der Waals surface area contributed by atoms with Crippen LogP contribution in [0.2, 0.25) is 0 Å². The number of rotatable bonds is 5. The quantitative estimate of drug-likeness (QED) is 0.865. The van der Waals surface area contributed by atoms with Crippen molar-refractivity contribution in [2.45, 2.75) is 50.6 Å².